The lowest BCUT2D eigenvalue weighted by molar-refractivity contribution is 0.0911. The van der Waals surface area contributed by atoms with Crippen LogP contribution < -0.4 is 15.5 Å². The van der Waals surface area contributed by atoms with Gasteiger partial charge in [0.05, 0.1) is 10.7 Å². The maximum atomic E-state index is 13.1. The molecule has 0 atom stereocenters. The molecular formula is C33H39ClN6O. The van der Waals surface area contributed by atoms with Crippen LogP contribution in [0.25, 0.3) is 33.4 Å². The summed E-state index contributed by atoms with van der Waals surface area (Å²) in [6.07, 6.45) is 4.93. The molecule has 2 aromatic carbocycles. The van der Waals surface area contributed by atoms with Crippen molar-refractivity contribution in [2.75, 3.05) is 50.7 Å². The summed E-state index contributed by atoms with van der Waals surface area (Å²) >= 11 is 6.80. The summed E-state index contributed by atoms with van der Waals surface area (Å²) in [5, 5.41) is 8.27. The van der Waals surface area contributed by atoms with Gasteiger partial charge < -0.3 is 25.0 Å². The molecular weight excluding hydrogens is 532 g/mol. The number of nitrogens with one attached hydrogen (secondary N) is 2. The highest BCUT2D eigenvalue weighted by atomic mass is 35.5. The third-order valence-corrected chi connectivity index (χ3v) is 8.86. The summed E-state index contributed by atoms with van der Waals surface area (Å²) in [5.74, 6) is -0.00756. The van der Waals surface area contributed by atoms with Crippen molar-refractivity contribution in [1.29, 1.82) is 0 Å². The monoisotopic (exact) mass is 570 g/mol. The van der Waals surface area contributed by atoms with Gasteiger partial charge in [0.25, 0.3) is 5.91 Å². The number of halogens is 1. The first-order valence-corrected chi connectivity index (χ1v) is 15.2. The Kier molecular flexibility index (Phi) is 8.28. The van der Waals surface area contributed by atoms with Crippen molar-refractivity contribution in [3.63, 3.8) is 0 Å². The molecule has 2 aliphatic heterocycles. The number of fused-ring (bicyclic) bond motifs is 1. The van der Waals surface area contributed by atoms with E-state index in [1.165, 1.54) is 12.1 Å². The molecule has 2 aromatic heterocycles. The van der Waals surface area contributed by atoms with E-state index in [9.17, 15) is 4.79 Å². The number of benzene rings is 2. The first-order chi connectivity index (χ1) is 20.0. The predicted octanol–water partition coefficient (Wildman–Crippen LogP) is 5.57. The first-order valence-electron chi connectivity index (χ1n) is 14.9. The van der Waals surface area contributed by atoms with Gasteiger partial charge in [-0.1, -0.05) is 42.8 Å². The van der Waals surface area contributed by atoms with Gasteiger partial charge in [-0.05, 0) is 67.3 Å². The minimum atomic E-state index is -0.00756. The summed E-state index contributed by atoms with van der Waals surface area (Å²) in [4.78, 5) is 22.7. The number of carbonyl (C=O) groups is 1. The highest BCUT2D eigenvalue weighted by Gasteiger charge is 2.23. The molecule has 214 valence electrons. The minimum absolute atomic E-state index is 0.00756. The summed E-state index contributed by atoms with van der Waals surface area (Å²) in [6.45, 7) is 9.48. The number of aryl methyl sites for hydroxylation is 1. The van der Waals surface area contributed by atoms with Gasteiger partial charge in [-0.25, -0.2) is 4.98 Å². The largest absolute Gasteiger partial charge is 0.369 e. The number of hydrogen-bond acceptors (Lipinski definition) is 5. The van der Waals surface area contributed by atoms with Crippen LogP contribution in [0.3, 0.4) is 0 Å². The third kappa shape index (κ3) is 5.71. The van der Waals surface area contributed by atoms with E-state index < -0.39 is 0 Å². The minimum Gasteiger partial charge on any atom is -0.369 e. The van der Waals surface area contributed by atoms with Gasteiger partial charge in [0.2, 0.25) is 0 Å². The molecule has 0 bridgehead atoms. The van der Waals surface area contributed by atoms with Crippen LogP contribution in [0, 0.1) is 0 Å². The van der Waals surface area contributed by atoms with Crippen LogP contribution in [0.4, 0.5) is 5.69 Å². The van der Waals surface area contributed by atoms with E-state index >= 15 is 0 Å². The molecule has 41 heavy (non-hydrogen) atoms. The van der Waals surface area contributed by atoms with Crippen molar-refractivity contribution in [3.8, 4) is 22.4 Å². The Bertz CT molecular complexity index is 1500. The zero-order chi connectivity index (χ0) is 28.3. The highest BCUT2D eigenvalue weighted by molar-refractivity contribution is 6.37. The van der Waals surface area contributed by atoms with E-state index in [4.69, 9.17) is 11.6 Å². The van der Waals surface area contributed by atoms with E-state index in [1.54, 1.807) is 6.20 Å². The number of pyridine rings is 1. The van der Waals surface area contributed by atoms with E-state index in [0.717, 1.165) is 92.1 Å². The second kappa shape index (κ2) is 12.2. The molecule has 2 saturated heterocycles. The molecule has 1 amide bonds. The lowest BCUT2D eigenvalue weighted by Crippen LogP contribution is -2.44. The number of aromatic nitrogens is 2. The molecule has 8 heteroatoms. The number of piperidine rings is 1. The highest BCUT2D eigenvalue weighted by Crippen LogP contribution is 2.42. The summed E-state index contributed by atoms with van der Waals surface area (Å²) in [5.41, 5.74) is 6.95. The fraction of sp³-hybridized carbons (Fsp3) is 0.394. The van der Waals surface area contributed by atoms with Crippen molar-refractivity contribution < 1.29 is 4.79 Å². The molecule has 0 radical (unpaired) electrons. The third-order valence-electron chi connectivity index (χ3n) is 8.54. The van der Waals surface area contributed by atoms with Crippen LogP contribution >= 0.6 is 11.6 Å². The van der Waals surface area contributed by atoms with Crippen molar-refractivity contribution in [3.05, 3.63) is 71.4 Å². The quantitative estimate of drug-likeness (QED) is 0.304. The normalized spacial score (nSPS) is 16.8. The smallest absolute Gasteiger partial charge is 0.251 e. The van der Waals surface area contributed by atoms with Crippen LogP contribution in [0.2, 0.25) is 5.02 Å². The number of hydrogen-bond donors (Lipinski definition) is 2. The van der Waals surface area contributed by atoms with Gasteiger partial charge >= 0.3 is 0 Å². The number of amides is 1. The van der Waals surface area contributed by atoms with E-state index in [1.807, 2.05) is 37.4 Å². The molecule has 0 aliphatic carbocycles. The Hall–Kier alpha value is -3.39. The van der Waals surface area contributed by atoms with Crippen LogP contribution in [0.1, 0.15) is 36.5 Å². The van der Waals surface area contributed by atoms with E-state index in [2.05, 4.69) is 61.2 Å². The van der Waals surface area contributed by atoms with Crippen molar-refractivity contribution in [2.45, 2.75) is 32.2 Å². The molecule has 7 nitrogen and oxygen atoms in total. The summed E-state index contributed by atoms with van der Waals surface area (Å²) < 4.78 is 2.13. The number of piperazine rings is 1. The maximum absolute atomic E-state index is 13.1. The van der Waals surface area contributed by atoms with Gasteiger partial charge in [0, 0.05) is 80.8 Å². The molecule has 0 unspecified atom stereocenters. The Labute approximate surface area is 247 Å². The Morgan fingerprint density at radius 3 is 2.34 bits per heavy atom. The molecule has 2 aliphatic rings. The average Bonchev–Trinajstić information content (AvgIpc) is 3.32. The Balaban J connectivity index is 1.29. The fourth-order valence-electron chi connectivity index (χ4n) is 6.35. The topological polar surface area (TPSA) is 65.4 Å². The summed E-state index contributed by atoms with van der Waals surface area (Å²) in [7, 11) is 2.04. The summed E-state index contributed by atoms with van der Waals surface area (Å²) in [6, 6.07) is 18.8. The number of nitrogens with zero attached hydrogens (tertiary/aromatic N) is 4. The fourth-order valence-corrected chi connectivity index (χ4v) is 6.59. The molecule has 0 saturated carbocycles. The van der Waals surface area contributed by atoms with Gasteiger partial charge in [0.1, 0.15) is 5.65 Å². The van der Waals surface area contributed by atoms with Gasteiger partial charge in [-0.3, -0.25) is 4.79 Å². The Morgan fingerprint density at radius 1 is 0.976 bits per heavy atom. The lowest BCUT2D eigenvalue weighted by atomic mass is 9.97. The van der Waals surface area contributed by atoms with Crippen LogP contribution in [-0.4, -0.2) is 72.2 Å². The van der Waals surface area contributed by atoms with Crippen molar-refractivity contribution in [2.24, 2.45) is 7.05 Å². The van der Waals surface area contributed by atoms with Gasteiger partial charge in [-0.2, -0.15) is 0 Å². The zero-order valence-corrected chi connectivity index (χ0v) is 24.8. The van der Waals surface area contributed by atoms with Crippen molar-refractivity contribution in [1.82, 2.24) is 25.1 Å². The van der Waals surface area contributed by atoms with Crippen molar-refractivity contribution >= 4 is 34.2 Å². The first kappa shape index (κ1) is 27.8. The molecule has 2 N–H and O–H groups in total. The lowest BCUT2D eigenvalue weighted by Gasteiger charge is -2.32. The average molecular weight is 571 g/mol. The second-order valence-electron chi connectivity index (χ2n) is 11.2. The predicted molar refractivity (Wildman–Crippen MR) is 169 cm³/mol. The molecule has 2 fully saturated rings. The Morgan fingerprint density at radius 2 is 1.66 bits per heavy atom. The van der Waals surface area contributed by atoms with Gasteiger partial charge in [0.15, 0.2) is 0 Å². The van der Waals surface area contributed by atoms with Crippen LogP contribution in [0.15, 0.2) is 60.8 Å². The molecule has 6 rings (SSSR count). The number of anilines is 1. The number of carbonyl (C=O) groups excluding carboxylic acids is 1. The zero-order valence-electron chi connectivity index (χ0n) is 24.0. The van der Waals surface area contributed by atoms with E-state index in [0.29, 0.717) is 10.6 Å². The van der Waals surface area contributed by atoms with Crippen LogP contribution in [-0.2, 0) is 7.05 Å². The molecule has 4 heterocycles. The standard InChI is InChI=1S/C33H39ClN6O/c1-3-18-39-19-13-26(14-20-39)37-33(41)25-6-4-23(5-7-25)29-30-28(34)12-15-36-32(30)38(2)31(29)24-8-10-27(11-9-24)40-21-16-35-17-22-40/h4-12,15,26,35H,3,13-14,16-22H2,1-2H3,(H,37,41). The maximum Gasteiger partial charge on any atom is 0.251 e. The second-order valence-corrected chi connectivity index (χ2v) is 11.6. The SMILES string of the molecule is CCCN1CCC(NC(=O)c2ccc(-c3c(-c4ccc(N5CCNCC5)cc4)n(C)c4nccc(Cl)c34)cc2)CC1. The van der Waals surface area contributed by atoms with E-state index in [-0.39, 0.29) is 11.9 Å². The van der Waals surface area contributed by atoms with Crippen LogP contribution in [0.5, 0.6) is 0 Å². The number of rotatable bonds is 7. The van der Waals surface area contributed by atoms with Gasteiger partial charge in [-0.15, -0.1) is 0 Å². The molecule has 4 aromatic rings. The molecule has 0 spiro atoms. The number of likely N-dealkylation sites (tertiary alicyclic amines) is 1.